The zero-order chi connectivity index (χ0) is 7.56. The van der Waals surface area contributed by atoms with Crippen molar-refractivity contribution in [2.24, 2.45) is 0 Å². The lowest BCUT2D eigenvalue weighted by Crippen LogP contribution is -1.77. The standard InChI is InChI=1S/C8H12S2/c1-6(2)8-4-7(9-3)5-10-8/h4-6H,1-3H3. The smallest absolute Gasteiger partial charge is 0.0179 e. The molecule has 0 amide bonds. The second kappa shape index (κ2) is 3.44. The minimum Gasteiger partial charge on any atom is -0.147 e. The molecule has 0 saturated carbocycles. The predicted octanol–water partition coefficient (Wildman–Crippen LogP) is 3.59. The first-order chi connectivity index (χ1) is 4.74. The highest BCUT2D eigenvalue weighted by Gasteiger charge is 2.01. The molecule has 1 aromatic heterocycles. The van der Waals surface area contributed by atoms with E-state index in [0.717, 1.165) is 0 Å². The molecule has 1 rings (SSSR count). The summed E-state index contributed by atoms with van der Waals surface area (Å²) in [5.74, 6) is 0.686. The average Bonchev–Trinajstić information content (AvgIpc) is 2.34. The second-order valence-corrected chi connectivity index (χ2v) is 4.37. The van der Waals surface area contributed by atoms with Crippen LogP contribution in [0.3, 0.4) is 0 Å². The third-order valence-electron chi connectivity index (χ3n) is 1.40. The lowest BCUT2D eigenvalue weighted by molar-refractivity contribution is 0.887. The molecule has 0 bridgehead atoms. The maximum atomic E-state index is 2.28. The molecule has 0 aliphatic carbocycles. The third kappa shape index (κ3) is 1.77. The van der Waals surface area contributed by atoms with Gasteiger partial charge in [-0.25, -0.2) is 0 Å². The van der Waals surface area contributed by atoms with E-state index in [1.165, 1.54) is 9.77 Å². The summed E-state index contributed by atoms with van der Waals surface area (Å²) in [7, 11) is 0. The zero-order valence-electron chi connectivity index (χ0n) is 6.55. The molecule has 0 saturated heterocycles. The summed E-state index contributed by atoms with van der Waals surface area (Å²) in [4.78, 5) is 2.89. The van der Waals surface area contributed by atoms with E-state index in [1.807, 2.05) is 23.1 Å². The molecule has 2 heteroatoms. The van der Waals surface area contributed by atoms with Gasteiger partial charge in [0.15, 0.2) is 0 Å². The molecule has 0 aromatic carbocycles. The Morgan fingerprint density at radius 1 is 1.50 bits per heavy atom. The minimum absolute atomic E-state index is 0.686. The highest BCUT2D eigenvalue weighted by atomic mass is 32.2. The van der Waals surface area contributed by atoms with Crippen LogP contribution in [0.5, 0.6) is 0 Å². The van der Waals surface area contributed by atoms with E-state index < -0.39 is 0 Å². The largest absolute Gasteiger partial charge is 0.147 e. The van der Waals surface area contributed by atoms with E-state index in [9.17, 15) is 0 Å². The van der Waals surface area contributed by atoms with E-state index in [1.54, 1.807) is 0 Å². The van der Waals surface area contributed by atoms with Crippen molar-refractivity contribution in [1.29, 1.82) is 0 Å². The van der Waals surface area contributed by atoms with Gasteiger partial charge in [0.25, 0.3) is 0 Å². The lowest BCUT2D eigenvalue weighted by atomic mass is 10.2. The summed E-state index contributed by atoms with van der Waals surface area (Å²) in [6.45, 7) is 4.46. The van der Waals surface area contributed by atoms with Crippen LogP contribution in [0.2, 0.25) is 0 Å². The van der Waals surface area contributed by atoms with E-state index >= 15 is 0 Å². The van der Waals surface area contributed by atoms with Gasteiger partial charge in [0.2, 0.25) is 0 Å². The van der Waals surface area contributed by atoms with Gasteiger partial charge >= 0.3 is 0 Å². The normalized spacial score (nSPS) is 10.8. The van der Waals surface area contributed by atoms with Crippen molar-refractivity contribution in [2.75, 3.05) is 6.26 Å². The summed E-state index contributed by atoms with van der Waals surface area (Å²) >= 11 is 3.68. The maximum Gasteiger partial charge on any atom is 0.0179 e. The summed E-state index contributed by atoms with van der Waals surface area (Å²) in [5, 5.41) is 2.22. The predicted molar refractivity (Wildman–Crippen MR) is 50.2 cm³/mol. The molecule has 0 radical (unpaired) electrons. The zero-order valence-corrected chi connectivity index (χ0v) is 8.18. The van der Waals surface area contributed by atoms with Gasteiger partial charge in [-0.05, 0) is 18.2 Å². The Bertz CT molecular complexity index is 201. The average molecular weight is 172 g/mol. The van der Waals surface area contributed by atoms with E-state index in [-0.39, 0.29) is 0 Å². The van der Waals surface area contributed by atoms with E-state index in [2.05, 4.69) is 31.5 Å². The van der Waals surface area contributed by atoms with Gasteiger partial charge in [0.05, 0.1) is 0 Å². The van der Waals surface area contributed by atoms with Gasteiger partial charge in [-0.3, -0.25) is 0 Å². The van der Waals surface area contributed by atoms with Gasteiger partial charge in [-0.15, -0.1) is 23.1 Å². The van der Waals surface area contributed by atoms with Crippen LogP contribution in [-0.2, 0) is 0 Å². The number of thiophene rings is 1. The van der Waals surface area contributed by atoms with Crippen molar-refractivity contribution in [3.8, 4) is 0 Å². The van der Waals surface area contributed by atoms with Crippen LogP contribution in [0.4, 0.5) is 0 Å². The van der Waals surface area contributed by atoms with Crippen molar-refractivity contribution in [1.82, 2.24) is 0 Å². The Kier molecular flexibility index (Phi) is 2.81. The van der Waals surface area contributed by atoms with Crippen molar-refractivity contribution < 1.29 is 0 Å². The van der Waals surface area contributed by atoms with Crippen LogP contribution >= 0.6 is 23.1 Å². The van der Waals surface area contributed by atoms with Gasteiger partial charge < -0.3 is 0 Å². The second-order valence-electron chi connectivity index (χ2n) is 2.54. The quantitative estimate of drug-likeness (QED) is 0.614. The SMILES string of the molecule is CSc1csc(C(C)C)c1. The fourth-order valence-electron chi connectivity index (χ4n) is 0.744. The van der Waals surface area contributed by atoms with Crippen LogP contribution in [0.1, 0.15) is 24.6 Å². The Balaban J connectivity index is 2.78. The van der Waals surface area contributed by atoms with Crippen LogP contribution < -0.4 is 0 Å². The minimum atomic E-state index is 0.686. The molecule has 1 heterocycles. The van der Waals surface area contributed by atoms with Crippen LogP contribution in [0, 0.1) is 0 Å². The first kappa shape index (κ1) is 8.15. The molecule has 0 fully saturated rings. The number of thioether (sulfide) groups is 1. The molecule has 1 aromatic rings. The highest BCUT2D eigenvalue weighted by Crippen LogP contribution is 2.27. The maximum absolute atomic E-state index is 2.28. The third-order valence-corrected chi connectivity index (χ3v) is 3.49. The molecule has 0 atom stereocenters. The summed E-state index contributed by atoms with van der Waals surface area (Å²) in [6, 6.07) is 2.28. The van der Waals surface area contributed by atoms with Crippen molar-refractivity contribution >= 4 is 23.1 Å². The fourth-order valence-corrected chi connectivity index (χ4v) is 2.38. The van der Waals surface area contributed by atoms with Gasteiger partial charge in [-0.2, -0.15) is 0 Å². The topological polar surface area (TPSA) is 0 Å². The molecular weight excluding hydrogens is 160 g/mol. The van der Waals surface area contributed by atoms with Gasteiger partial charge in [-0.1, -0.05) is 13.8 Å². The van der Waals surface area contributed by atoms with Crippen LogP contribution in [0.15, 0.2) is 16.3 Å². The Hall–Kier alpha value is 0.0500. The molecule has 0 N–H and O–H groups in total. The van der Waals surface area contributed by atoms with Crippen molar-refractivity contribution in [3.63, 3.8) is 0 Å². The number of hydrogen-bond acceptors (Lipinski definition) is 2. The Morgan fingerprint density at radius 3 is 2.50 bits per heavy atom. The van der Waals surface area contributed by atoms with Gasteiger partial charge in [0.1, 0.15) is 0 Å². The van der Waals surface area contributed by atoms with Crippen LogP contribution in [-0.4, -0.2) is 6.26 Å². The molecular formula is C8H12S2. The number of hydrogen-bond donors (Lipinski definition) is 0. The van der Waals surface area contributed by atoms with Gasteiger partial charge in [0, 0.05) is 15.2 Å². The molecule has 0 nitrogen and oxygen atoms in total. The summed E-state index contributed by atoms with van der Waals surface area (Å²) in [5.41, 5.74) is 0. The van der Waals surface area contributed by atoms with E-state index in [4.69, 9.17) is 0 Å². The lowest BCUT2D eigenvalue weighted by Gasteiger charge is -1.96. The first-order valence-electron chi connectivity index (χ1n) is 3.36. The molecule has 0 aliphatic rings. The summed E-state index contributed by atoms with van der Waals surface area (Å²) in [6.07, 6.45) is 2.12. The van der Waals surface area contributed by atoms with Crippen LogP contribution in [0.25, 0.3) is 0 Å². The van der Waals surface area contributed by atoms with Crippen molar-refractivity contribution in [3.05, 3.63) is 16.3 Å². The molecule has 10 heavy (non-hydrogen) atoms. The molecule has 56 valence electrons. The molecule has 0 aliphatic heterocycles. The summed E-state index contributed by atoms with van der Waals surface area (Å²) < 4.78 is 0. The Labute approximate surface area is 70.7 Å². The highest BCUT2D eigenvalue weighted by molar-refractivity contribution is 7.98. The molecule has 0 unspecified atom stereocenters. The molecule has 0 spiro atoms. The monoisotopic (exact) mass is 172 g/mol. The van der Waals surface area contributed by atoms with Crippen molar-refractivity contribution in [2.45, 2.75) is 24.7 Å². The first-order valence-corrected chi connectivity index (χ1v) is 5.47. The van der Waals surface area contributed by atoms with E-state index in [0.29, 0.717) is 5.92 Å². The number of rotatable bonds is 2. The Morgan fingerprint density at radius 2 is 2.20 bits per heavy atom. The fraction of sp³-hybridized carbons (Fsp3) is 0.500.